The number of ether oxygens (including phenoxy) is 1. The Kier molecular flexibility index (Phi) is 4.11. The van der Waals surface area contributed by atoms with Crippen LogP contribution in [0.4, 0.5) is 0 Å². The highest BCUT2D eigenvalue weighted by molar-refractivity contribution is 5.94. The summed E-state index contributed by atoms with van der Waals surface area (Å²) >= 11 is 0. The van der Waals surface area contributed by atoms with Crippen LogP contribution >= 0.6 is 0 Å². The Morgan fingerprint density at radius 3 is 2.50 bits per heavy atom. The molecule has 0 aromatic heterocycles. The Morgan fingerprint density at radius 2 is 1.93 bits per heavy atom. The van der Waals surface area contributed by atoms with E-state index in [1.165, 1.54) is 13.3 Å². The molecule has 0 saturated heterocycles. The van der Waals surface area contributed by atoms with Crippen molar-refractivity contribution in [3.63, 3.8) is 0 Å². The molecule has 0 unspecified atom stereocenters. The van der Waals surface area contributed by atoms with Gasteiger partial charge in [0.25, 0.3) is 0 Å². The predicted molar refractivity (Wildman–Crippen MR) is 52.8 cm³/mol. The molecule has 1 saturated carbocycles. The minimum absolute atomic E-state index is 0.0376. The van der Waals surface area contributed by atoms with Gasteiger partial charge in [0.15, 0.2) is 0 Å². The van der Waals surface area contributed by atoms with Crippen LogP contribution < -0.4 is 0 Å². The molecule has 0 amide bonds. The van der Waals surface area contributed by atoms with Crippen molar-refractivity contribution in [2.45, 2.75) is 52.1 Å². The van der Waals surface area contributed by atoms with E-state index in [4.69, 9.17) is 4.74 Å². The van der Waals surface area contributed by atoms with Crippen LogP contribution in [-0.2, 0) is 14.3 Å². The first-order valence-corrected chi connectivity index (χ1v) is 5.28. The Hall–Kier alpha value is -0.860. The van der Waals surface area contributed by atoms with Crippen molar-refractivity contribution in [3.05, 3.63) is 0 Å². The number of carbonyl (C=O) groups excluding carboxylic acids is 2. The molecular formula is C11H18O3. The lowest BCUT2D eigenvalue weighted by atomic mass is 9.88. The standard InChI is InChI=1S/C11H18O3/c1-8-5-3-4-6-10(8)14-11(13)7-9(2)12/h8,10H,3-7H2,1-2H3/t8-,10+/m0/s1. The molecule has 1 rings (SSSR count). The Balaban J connectivity index is 2.34. The first-order chi connectivity index (χ1) is 6.59. The Bertz CT molecular complexity index is 223. The SMILES string of the molecule is CC(=O)CC(=O)O[C@@H]1CCCC[C@@H]1C. The summed E-state index contributed by atoms with van der Waals surface area (Å²) in [5.74, 6) is -0.0469. The third-order valence-electron chi connectivity index (χ3n) is 2.71. The van der Waals surface area contributed by atoms with E-state index in [-0.39, 0.29) is 24.3 Å². The predicted octanol–water partition coefficient (Wildman–Crippen LogP) is 2.09. The van der Waals surface area contributed by atoms with Gasteiger partial charge in [-0.25, -0.2) is 0 Å². The summed E-state index contributed by atoms with van der Waals surface area (Å²) in [6, 6.07) is 0. The van der Waals surface area contributed by atoms with Gasteiger partial charge in [-0.3, -0.25) is 9.59 Å². The zero-order chi connectivity index (χ0) is 10.6. The first-order valence-electron chi connectivity index (χ1n) is 5.28. The molecule has 80 valence electrons. The number of ketones is 1. The van der Waals surface area contributed by atoms with E-state index in [2.05, 4.69) is 6.92 Å². The van der Waals surface area contributed by atoms with Gasteiger partial charge in [-0.05, 0) is 32.1 Å². The fourth-order valence-electron chi connectivity index (χ4n) is 1.87. The van der Waals surface area contributed by atoms with E-state index in [9.17, 15) is 9.59 Å². The summed E-state index contributed by atoms with van der Waals surface area (Å²) in [7, 11) is 0. The van der Waals surface area contributed by atoms with Gasteiger partial charge in [0.2, 0.25) is 0 Å². The maximum Gasteiger partial charge on any atom is 0.313 e. The van der Waals surface area contributed by atoms with Crippen LogP contribution in [0.1, 0.15) is 46.0 Å². The second-order valence-electron chi connectivity index (χ2n) is 4.17. The maximum atomic E-state index is 11.2. The zero-order valence-electron chi connectivity index (χ0n) is 8.91. The van der Waals surface area contributed by atoms with Crippen molar-refractivity contribution in [3.8, 4) is 0 Å². The van der Waals surface area contributed by atoms with Gasteiger partial charge in [0.1, 0.15) is 18.3 Å². The highest BCUT2D eigenvalue weighted by Gasteiger charge is 2.24. The maximum absolute atomic E-state index is 11.2. The van der Waals surface area contributed by atoms with E-state index in [1.54, 1.807) is 0 Å². The molecule has 3 nitrogen and oxygen atoms in total. The van der Waals surface area contributed by atoms with E-state index in [0.29, 0.717) is 5.92 Å². The quantitative estimate of drug-likeness (QED) is 0.515. The fourth-order valence-corrected chi connectivity index (χ4v) is 1.87. The van der Waals surface area contributed by atoms with Crippen LogP contribution in [0.3, 0.4) is 0 Å². The molecule has 0 aromatic carbocycles. The summed E-state index contributed by atoms with van der Waals surface area (Å²) in [6.45, 7) is 3.51. The monoisotopic (exact) mass is 198 g/mol. The summed E-state index contributed by atoms with van der Waals surface area (Å²) < 4.78 is 5.25. The van der Waals surface area contributed by atoms with Crippen LogP contribution in [0.2, 0.25) is 0 Å². The van der Waals surface area contributed by atoms with Gasteiger partial charge in [-0.1, -0.05) is 13.3 Å². The second kappa shape index (κ2) is 5.13. The van der Waals surface area contributed by atoms with E-state index in [1.807, 2.05) is 0 Å². The van der Waals surface area contributed by atoms with Crippen molar-refractivity contribution < 1.29 is 14.3 Å². The molecule has 3 heteroatoms. The minimum Gasteiger partial charge on any atom is -0.462 e. The van der Waals surface area contributed by atoms with E-state index >= 15 is 0 Å². The van der Waals surface area contributed by atoms with Gasteiger partial charge in [-0.2, -0.15) is 0 Å². The van der Waals surface area contributed by atoms with Gasteiger partial charge in [0, 0.05) is 0 Å². The van der Waals surface area contributed by atoms with Crippen molar-refractivity contribution >= 4 is 11.8 Å². The lowest BCUT2D eigenvalue weighted by Gasteiger charge is -2.28. The number of rotatable bonds is 3. The summed E-state index contributed by atoms with van der Waals surface area (Å²) in [6.07, 6.45) is 4.38. The molecule has 0 radical (unpaired) electrons. The normalized spacial score (nSPS) is 27.0. The second-order valence-corrected chi connectivity index (χ2v) is 4.17. The molecule has 1 aliphatic carbocycles. The molecule has 0 bridgehead atoms. The number of Topliss-reactive ketones (excluding diaryl/α,β-unsaturated/α-hetero) is 1. The third-order valence-corrected chi connectivity index (χ3v) is 2.71. The largest absolute Gasteiger partial charge is 0.462 e. The molecule has 0 heterocycles. The summed E-state index contributed by atoms with van der Waals surface area (Å²) in [5, 5.41) is 0. The molecule has 2 atom stereocenters. The number of esters is 1. The van der Waals surface area contributed by atoms with Crippen LogP contribution in [0, 0.1) is 5.92 Å². The van der Waals surface area contributed by atoms with Crippen molar-refractivity contribution in [1.29, 1.82) is 0 Å². The van der Waals surface area contributed by atoms with Crippen LogP contribution in [0.25, 0.3) is 0 Å². The zero-order valence-corrected chi connectivity index (χ0v) is 8.91. The van der Waals surface area contributed by atoms with E-state index < -0.39 is 0 Å². The molecule has 0 aromatic rings. The van der Waals surface area contributed by atoms with Gasteiger partial charge in [0.05, 0.1) is 0 Å². The van der Waals surface area contributed by atoms with Gasteiger partial charge in [-0.15, -0.1) is 0 Å². The molecular weight excluding hydrogens is 180 g/mol. The average molecular weight is 198 g/mol. The third kappa shape index (κ3) is 3.48. The first kappa shape index (κ1) is 11.2. The smallest absolute Gasteiger partial charge is 0.313 e. The van der Waals surface area contributed by atoms with Crippen molar-refractivity contribution in [1.82, 2.24) is 0 Å². The van der Waals surface area contributed by atoms with Crippen LogP contribution in [-0.4, -0.2) is 17.9 Å². The molecule has 1 aliphatic rings. The highest BCUT2D eigenvalue weighted by Crippen LogP contribution is 2.26. The van der Waals surface area contributed by atoms with Gasteiger partial charge >= 0.3 is 5.97 Å². The van der Waals surface area contributed by atoms with Gasteiger partial charge < -0.3 is 4.74 Å². The molecule has 1 fully saturated rings. The lowest BCUT2D eigenvalue weighted by molar-refractivity contribution is -0.154. The lowest BCUT2D eigenvalue weighted by Crippen LogP contribution is -2.28. The summed E-state index contributed by atoms with van der Waals surface area (Å²) in [5.41, 5.74) is 0. The highest BCUT2D eigenvalue weighted by atomic mass is 16.5. The molecule has 0 aliphatic heterocycles. The van der Waals surface area contributed by atoms with Crippen LogP contribution in [0.15, 0.2) is 0 Å². The Labute approximate surface area is 84.8 Å². The molecule has 0 N–H and O–H groups in total. The molecule has 14 heavy (non-hydrogen) atoms. The van der Waals surface area contributed by atoms with Crippen LogP contribution in [0.5, 0.6) is 0 Å². The fraction of sp³-hybridized carbons (Fsp3) is 0.818. The Morgan fingerprint density at radius 1 is 1.29 bits per heavy atom. The average Bonchev–Trinajstić information content (AvgIpc) is 2.07. The van der Waals surface area contributed by atoms with Crippen molar-refractivity contribution in [2.75, 3.05) is 0 Å². The number of hydrogen-bond donors (Lipinski definition) is 0. The minimum atomic E-state index is -0.365. The van der Waals surface area contributed by atoms with Crippen molar-refractivity contribution in [2.24, 2.45) is 5.92 Å². The topological polar surface area (TPSA) is 43.4 Å². The summed E-state index contributed by atoms with van der Waals surface area (Å²) in [4.78, 5) is 21.9. The number of hydrogen-bond acceptors (Lipinski definition) is 3. The number of carbonyl (C=O) groups is 2. The molecule has 0 spiro atoms. The van der Waals surface area contributed by atoms with E-state index in [0.717, 1.165) is 19.3 Å².